The molecule has 0 aromatic carbocycles. The molecule has 0 spiro atoms. The van der Waals surface area contributed by atoms with Crippen molar-refractivity contribution in [3.8, 4) is 0 Å². The maximum absolute atomic E-state index is 14.1. The first-order chi connectivity index (χ1) is 20.7. The first-order valence-corrected chi connectivity index (χ1v) is 15.0. The molecule has 5 rings (SSSR count). The van der Waals surface area contributed by atoms with E-state index in [2.05, 4.69) is 20.8 Å². The van der Waals surface area contributed by atoms with Crippen molar-refractivity contribution in [2.45, 2.75) is 102 Å². The number of methoxy groups -OCH3 is 1. The summed E-state index contributed by atoms with van der Waals surface area (Å²) in [5, 5.41) is 14.6. The second kappa shape index (κ2) is 12.4. The van der Waals surface area contributed by atoms with Gasteiger partial charge in [-0.05, 0) is 57.6 Å². The average molecular weight is 622 g/mol. The van der Waals surface area contributed by atoms with Gasteiger partial charge in [0.25, 0.3) is 5.91 Å². The molecule has 3 atom stereocenters. The monoisotopic (exact) mass is 621 g/mol. The standard InChI is InChI=1S/C30H39F4N7O3/c1-17(2)41-23(7-10-35-41)28(43)39-27(20-5-8-29(31,32)9-6-20)22-16-40-24(37-22)12-21(15-36-40)26(18(3)44-4)38-25(42)11-19-13-30(33,34)14-19/h7,10,12,15-20,26-27H,5-6,8-9,11,13-14H2,1-4H3,(H,38,42)(H,39,43)/t18-,26?,27-/m0/s1. The Morgan fingerprint density at radius 2 is 1.77 bits per heavy atom. The fraction of sp³-hybridized carbons (Fsp3) is 0.633. The van der Waals surface area contributed by atoms with Gasteiger partial charge in [-0.25, -0.2) is 27.1 Å². The van der Waals surface area contributed by atoms with Gasteiger partial charge >= 0.3 is 0 Å². The van der Waals surface area contributed by atoms with Crippen LogP contribution in [0.5, 0.6) is 0 Å². The van der Waals surface area contributed by atoms with Crippen molar-refractivity contribution in [2.24, 2.45) is 11.8 Å². The molecular weight excluding hydrogens is 582 g/mol. The van der Waals surface area contributed by atoms with E-state index in [4.69, 9.17) is 9.72 Å². The zero-order valence-corrected chi connectivity index (χ0v) is 25.3. The van der Waals surface area contributed by atoms with Crippen LogP contribution in [0.15, 0.2) is 30.7 Å². The second-order valence-corrected chi connectivity index (χ2v) is 12.5. The van der Waals surface area contributed by atoms with Crippen LogP contribution in [0.3, 0.4) is 0 Å². The van der Waals surface area contributed by atoms with E-state index in [1.165, 1.54) is 11.6 Å². The van der Waals surface area contributed by atoms with E-state index >= 15 is 0 Å². The Kier molecular flexibility index (Phi) is 9.01. The van der Waals surface area contributed by atoms with Gasteiger partial charge in [-0.1, -0.05) is 0 Å². The molecule has 10 nitrogen and oxygen atoms in total. The predicted molar refractivity (Wildman–Crippen MR) is 152 cm³/mol. The van der Waals surface area contributed by atoms with Gasteiger partial charge in [0.15, 0.2) is 5.65 Å². The van der Waals surface area contributed by atoms with Gasteiger partial charge in [-0.3, -0.25) is 14.3 Å². The van der Waals surface area contributed by atoms with Crippen LogP contribution in [0.1, 0.15) is 106 Å². The number of nitrogens with one attached hydrogen (secondary N) is 2. The minimum atomic E-state index is -2.74. The molecule has 0 saturated heterocycles. The molecule has 0 radical (unpaired) electrons. The van der Waals surface area contributed by atoms with Crippen molar-refractivity contribution in [3.63, 3.8) is 0 Å². The normalized spacial score (nSPS) is 20.7. The summed E-state index contributed by atoms with van der Waals surface area (Å²) in [4.78, 5) is 30.9. The maximum atomic E-state index is 14.1. The molecule has 2 aliphatic rings. The number of ether oxygens (including phenoxy) is 1. The van der Waals surface area contributed by atoms with Crippen LogP contribution in [-0.2, 0) is 9.53 Å². The minimum absolute atomic E-state index is 0.0107. The number of amides is 2. The highest BCUT2D eigenvalue weighted by atomic mass is 19.3. The fourth-order valence-electron chi connectivity index (χ4n) is 6.21. The lowest BCUT2D eigenvalue weighted by atomic mass is 9.79. The number of carbonyl (C=O) groups is 2. The van der Waals surface area contributed by atoms with Crippen LogP contribution in [0.2, 0.25) is 0 Å². The molecule has 2 saturated carbocycles. The molecular formula is C30H39F4N7O3. The summed E-state index contributed by atoms with van der Waals surface area (Å²) in [7, 11) is 1.50. The third-order valence-electron chi connectivity index (χ3n) is 8.76. The summed E-state index contributed by atoms with van der Waals surface area (Å²) < 4.78 is 63.3. The molecule has 1 unspecified atom stereocenters. The van der Waals surface area contributed by atoms with Crippen molar-refractivity contribution >= 4 is 17.5 Å². The summed E-state index contributed by atoms with van der Waals surface area (Å²) >= 11 is 0. The van der Waals surface area contributed by atoms with E-state index in [9.17, 15) is 27.2 Å². The van der Waals surface area contributed by atoms with E-state index in [0.29, 0.717) is 22.6 Å². The molecule has 2 fully saturated rings. The summed E-state index contributed by atoms with van der Waals surface area (Å²) in [6, 6.07) is 2.00. The van der Waals surface area contributed by atoms with Gasteiger partial charge in [-0.2, -0.15) is 10.2 Å². The summed E-state index contributed by atoms with van der Waals surface area (Å²) in [6.07, 6.45) is 3.55. The Morgan fingerprint density at radius 3 is 2.41 bits per heavy atom. The van der Waals surface area contributed by atoms with Gasteiger partial charge in [0.2, 0.25) is 17.8 Å². The molecule has 3 heterocycles. The molecule has 3 aromatic heterocycles. The third-order valence-corrected chi connectivity index (χ3v) is 8.76. The molecule has 3 aromatic rings. The van der Waals surface area contributed by atoms with E-state index < -0.39 is 30.0 Å². The minimum Gasteiger partial charge on any atom is -0.379 e. The van der Waals surface area contributed by atoms with Crippen molar-refractivity contribution in [2.75, 3.05) is 7.11 Å². The lowest BCUT2D eigenvalue weighted by Crippen LogP contribution is -2.41. The molecule has 2 amide bonds. The lowest BCUT2D eigenvalue weighted by molar-refractivity contribution is -0.135. The number of hydrogen-bond donors (Lipinski definition) is 2. The molecule has 2 N–H and O–H groups in total. The summed E-state index contributed by atoms with van der Waals surface area (Å²) in [5.74, 6) is -6.84. The zero-order valence-electron chi connectivity index (χ0n) is 25.3. The number of fused-ring (bicyclic) bond motifs is 1. The highest BCUT2D eigenvalue weighted by molar-refractivity contribution is 5.92. The van der Waals surface area contributed by atoms with Crippen molar-refractivity contribution in [1.82, 2.24) is 35.0 Å². The predicted octanol–water partition coefficient (Wildman–Crippen LogP) is 5.43. The smallest absolute Gasteiger partial charge is 0.270 e. The van der Waals surface area contributed by atoms with Gasteiger partial charge < -0.3 is 15.4 Å². The lowest BCUT2D eigenvalue weighted by Gasteiger charge is -2.35. The number of carbonyl (C=O) groups excluding carboxylic acids is 2. The van der Waals surface area contributed by atoms with Gasteiger partial charge in [0, 0.05) is 57.0 Å². The van der Waals surface area contributed by atoms with Crippen LogP contribution >= 0.6 is 0 Å². The number of halogens is 4. The summed E-state index contributed by atoms with van der Waals surface area (Å²) in [6.45, 7) is 5.58. The first kappa shape index (κ1) is 31.9. The van der Waals surface area contributed by atoms with Crippen LogP contribution in [0.25, 0.3) is 5.65 Å². The van der Waals surface area contributed by atoms with E-state index in [1.807, 2.05) is 13.8 Å². The highest BCUT2D eigenvalue weighted by Gasteiger charge is 2.46. The number of imidazole rings is 1. The number of hydrogen-bond acceptors (Lipinski definition) is 6. The van der Waals surface area contributed by atoms with E-state index in [0.717, 1.165) is 0 Å². The largest absolute Gasteiger partial charge is 0.379 e. The second-order valence-electron chi connectivity index (χ2n) is 12.5. The zero-order chi connectivity index (χ0) is 31.8. The molecule has 44 heavy (non-hydrogen) atoms. The SMILES string of the molecule is CO[C@@H](C)C(NC(=O)CC1CC(F)(F)C1)c1cnn2cc([C@@H](NC(=O)c3ccnn3C(C)C)C3CCC(F)(F)CC3)nc2c1. The van der Waals surface area contributed by atoms with E-state index in [-0.39, 0.29) is 74.6 Å². The topological polar surface area (TPSA) is 115 Å². The van der Waals surface area contributed by atoms with E-state index in [1.54, 1.807) is 42.3 Å². The van der Waals surface area contributed by atoms with Gasteiger partial charge in [-0.15, -0.1) is 0 Å². The van der Waals surface area contributed by atoms with Gasteiger partial charge in [0.05, 0.1) is 36.3 Å². The third kappa shape index (κ3) is 7.05. The quantitative estimate of drug-likeness (QED) is 0.276. The number of alkyl halides is 4. The molecule has 240 valence electrons. The fourth-order valence-corrected chi connectivity index (χ4v) is 6.21. The Balaban J connectivity index is 1.40. The number of nitrogens with zero attached hydrogens (tertiary/aromatic N) is 5. The number of rotatable bonds is 11. The van der Waals surface area contributed by atoms with Crippen LogP contribution in [0.4, 0.5) is 17.6 Å². The Hall–Kier alpha value is -3.55. The maximum Gasteiger partial charge on any atom is 0.270 e. The average Bonchev–Trinajstić information content (AvgIpc) is 3.61. The van der Waals surface area contributed by atoms with Crippen LogP contribution in [-0.4, -0.2) is 61.3 Å². The van der Waals surface area contributed by atoms with Crippen molar-refractivity contribution < 1.29 is 31.9 Å². The highest BCUT2D eigenvalue weighted by Crippen LogP contribution is 2.44. The van der Waals surface area contributed by atoms with Crippen LogP contribution in [0, 0.1) is 11.8 Å². The Bertz CT molecular complexity index is 1470. The van der Waals surface area contributed by atoms with Crippen LogP contribution < -0.4 is 10.6 Å². The molecule has 0 bridgehead atoms. The van der Waals surface area contributed by atoms with Gasteiger partial charge in [0.1, 0.15) is 5.69 Å². The first-order valence-electron chi connectivity index (χ1n) is 15.0. The van der Waals surface area contributed by atoms with Crippen molar-refractivity contribution in [1.29, 1.82) is 0 Å². The van der Waals surface area contributed by atoms with Crippen molar-refractivity contribution in [3.05, 3.63) is 47.7 Å². The summed E-state index contributed by atoms with van der Waals surface area (Å²) in [5.41, 5.74) is 1.84. The molecule has 14 heteroatoms. The Labute approximate surface area is 252 Å². The number of aromatic nitrogens is 5. The Morgan fingerprint density at radius 1 is 1.07 bits per heavy atom. The molecule has 0 aliphatic heterocycles. The molecule has 2 aliphatic carbocycles.